The lowest BCUT2D eigenvalue weighted by Gasteiger charge is -2.22. The summed E-state index contributed by atoms with van der Waals surface area (Å²) in [6.45, 7) is 1.71. The Hall–Kier alpha value is -2.53. The average Bonchev–Trinajstić information content (AvgIpc) is 2.74. The minimum Gasteiger partial charge on any atom is -0.479 e. The van der Waals surface area contributed by atoms with Crippen LogP contribution in [0.1, 0.15) is 54.9 Å². The van der Waals surface area contributed by atoms with Crippen LogP contribution in [0.5, 0.6) is 5.75 Å². The van der Waals surface area contributed by atoms with Crippen molar-refractivity contribution in [1.82, 2.24) is 5.32 Å². The molecule has 1 fully saturated rings. The molecule has 2 aromatic rings. The highest BCUT2D eigenvalue weighted by molar-refractivity contribution is 6.31. The minimum absolute atomic E-state index is 0.0735. The van der Waals surface area contributed by atoms with Gasteiger partial charge in [0.25, 0.3) is 5.91 Å². The largest absolute Gasteiger partial charge is 0.479 e. The van der Waals surface area contributed by atoms with Crippen LogP contribution in [0.15, 0.2) is 48.5 Å². The molecule has 2 aromatic carbocycles. The van der Waals surface area contributed by atoms with Gasteiger partial charge in [-0.15, -0.1) is 0 Å². The first-order valence-corrected chi connectivity index (χ1v) is 10.4. The summed E-state index contributed by atoms with van der Waals surface area (Å²) >= 11 is 6.06. The fourth-order valence-electron chi connectivity index (χ4n) is 3.33. The van der Waals surface area contributed by atoms with Crippen LogP contribution in [0.2, 0.25) is 5.02 Å². The molecule has 1 N–H and O–H groups in total. The van der Waals surface area contributed by atoms with Crippen molar-refractivity contribution >= 4 is 23.5 Å². The van der Waals surface area contributed by atoms with E-state index in [2.05, 4.69) is 5.32 Å². The van der Waals surface area contributed by atoms with Crippen molar-refractivity contribution in [3.63, 3.8) is 0 Å². The number of esters is 1. The van der Waals surface area contributed by atoms with E-state index in [4.69, 9.17) is 21.1 Å². The third kappa shape index (κ3) is 6.23. The molecule has 1 saturated carbocycles. The van der Waals surface area contributed by atoms with Crippen molar-refractivity contribution in [3.05, 3.63) is 64.7 Å². The first kappa shape index (κ1) is 21.2. The SMILES string of the molecule is C[C@H](Oc1ccc(C(=O)NC2CCCCC2)cc1)C(=O)OCc1ccccc1Cl. The first-order valence-electron chi connectivity index (χ1n) is 10.0. The molecule has 1 amide bonds. The van der Waals surface area contributed by atoms with Gasteiger partial charge in [-0.05, 0) is 50.1 Å². The predicted molar refractivity (Wildman–Crippen MR) is 112 cm³/mol. The summed E-state index contributed by atoms with van der Waals surface area (Å²) in [4.78, 5) is 24.5. The Labute approximate surface area is 176 Å². The second-order valence-corrected chi connectivity index (χ2v) is 7.70. The smallest absolute Gasteiger partial charge is 0.347 e. The molecule has 1 atom stereocenters. The van der Waals surface area contributed by atoms with E-state index >= 15 is 0 Å². The Morgan fingerprint density at radius 3 is 2.45 bits per heavy atom. The van der Waals surface area contributed by atoms with Crippen molar-refractivity contribution in [3.8, 4) is 5.75 Å². The van der Waals surface area contributed by atoms with Crippen LogP contribution in [-0.4, -0.2) is 24.0 Å². The van der Waals surface area contributed by atoms with Crippen LogP contribution in [0.25, 0.3) is 0 Å². The van der Waals surface area contributed by atoms with Crippen LogP contribution in [-0.2, 0) is 16.1 Å². The number of hydrogen-bond donors (Lipinski definition) is 1. The van der Waals surface area contributed by atoms with Gasteiger partial charge >= 0.3 is 5.97 Å². The molecule has 0 radical (unpaired) electrons. The van der Waals surface area contributed by atoms with E-state index in [1.807, 2.05) is 12.1 Å². The summed E-state index contributed by atoms with van der Waals surface area (Å²) in [7, 11) is 0. The van der Waals surface area contributed by atoms with Crippen LogP contribution in [0, 0.1) is 0 Å². The lowest BCUT2D eigenvalue weighted by atomic mass is 9.95. The standard InChI is InChI=1S/C23H26ClNO4/c1-16(23(27)28-15-18-7-5-6-10-21(18)24)29-20-13-11-17(12-14-20)22(26)25-19-8-3-2-4-9-19/h5-7,10-14,16,19H,2-4,8-9,15H2,1H3,(H,25,26)/t16-/m0/s1. The number of rotatable bonds is 7. The molecule has 1 aliphatic rings. The Bertz CT molecular complexity index is 831. The number of benzene rings is 2. The molecule has 0 unspecified atom stereocenters. The molecule has 0 saturated heterocycles. The van der Waals surface area contributed by atoms with Gasteiger partial charge in [0.1, 0.15) is 12.4 Å². The van der Waals surface area contributed by atoms with Crippen molar-refractivity contribution in [2.75, 3.05) is 0 Å². The van der Waals surface area contributed by atoms with Gasteiger partial charge in [-0.3, -0.25) is 4.79 Å². The fourth-order valence-corrected chi connectivity index (χ4v) is 3.52. The number of hydrogen-bond acceptors (Lipinski definition) is 4. The van der Waals surface area contributed by atoms with Gasteiger partial charge in [-0.25, -0.2) is 4.79 Å². The molecule has 5 nitrogen and oxygen atoms in total. The summed E-state index contributed by atoms with van der Waals surface area (Å²) in [5.74, 6) is -0.0545. The normalized spacial score (nSPS) is 15.4. The van der Waals surface area contributed by atoms with Gasteiger partial charge in [-0.1, -0.05) is 49.1 Å². The number of halogens is 1. The second kappa shape index (κ2) is 10.3. The van der Waals surface area contributed by atoms with E-state index in [0.29, 0.717) is 16.3 Å². The fraction of sp³-hybridized carbons (Fsp3) is 0.391. The van der Waals surface area contributed by atoms with Crippen LogP contribution >= 0.6 is 11.6 Å². The van der Waals surface area contributed by atoms with E-state index in [-0.39, 0.29) is 18.6 Å². The molecular weight excluding hydrogens is 390 g/mol. The van der Waals surface area contributed by atoms with E-state index < -0.39 is 12.1 Å². The van der Waals surface area contributed by atoms with E-state index in [1.165, 1.54) is 19.3 Å². The van der Waals surface area contributed by atoms with Gasteiger partial charge in [-0.2, -0.15) is 0 Å². The number of carbonyl (C=O) groups is 2. The van der Waals surface area contributed by atoms with Crippen molar-refractivity contribution in [2.24, 2.45) is 0 Å². The third-order valence-electron chi connectivity index (χ3n) is 5.03. The lowest BCUT2D eigenvalue weighted by molar-refractivity contribution is -0.152. The summed E-state index contributed by atoms with van der Waals surface area (Å²) in [5.41, 5.74) is 1.32. The summed E-state index contributed by atoms with van der Waals surface area (Å²) in [5, 5.41) is 3.64. The molecule has 1 aliphatic carbocycles. The average molecular weight is 416 g/mol. The Kier molecular flexibility index (Phi) is 7.53. The zero-order valence-electron chi connectivity index (χ0n) is 16.5. The van der Waals surface area contributed by atoms with E-state index in [0.717, 1.165) is 18.4 Å². The zero-order chi connectivity index (χ0) is 20.6. The number of ether oxygens (including phenoxy) is 2. The van der Waals surface area contributed by atoms with Gasteiger partial charge in [0.05, 0.1) is 0 Å². The van der Waals surface area contributed by atoms with Crippen LogP contribution < -0.4 is 10.1 Å². The Balaban J connectivity index is 1.48. The van der Waals surface area contributed by atoms with Crippen molar-refractivity contribution in [2.45, 2.75) is 57.8 Å². The monoisotopic (exact) mass is 415 g/mol. The maximum Gasteiger partial charge on any atom is 0.347 e. The van der Waals surface area contributed by atoms with Gasteiger partial charge < -0.3 is 14.8 Å². The maximum atomic E-state index is 12.4. The third-order valence-corrected chi connectivity index (χ3v) is 5.40. The molecule has 29 heavy (non-hydrogen) atoms. The zero-order valence-corrected chi connectivity index (χ0v) is 17.3. The molecular formula is C23H26ClNO4. The topological polar surface area (TPSA) is 64.6 Å². The summed E-state index contributed by atoms with van der Waals surface area (Å²) < 4.78 is 10.9. The second-order valence-electron chi connectivity index (χ2n) is 7.29. The highest BCUT2D eigenvalue weighted by atomic mass is 35.5. The lowest BCUT2D eigenvalue weighted by Crippen LogP contribution is -2.36. The molecule has 0 spiro atoms. The van der Waals surface area contributed by atoms with E-state index in [1.54, 1.807) is 43.3 Å². The quantitative estimate of drug-likeness (QED) is 0.652. The highest BCUT2D eigenvalue weighted by Crippen LogP contribution is 2.20. The van der Waals surface area contributed by atoms with Crippen molar-refractivity contribution < 1.29 is 19.1 Å². The Morgan fingerprint density at radius 2 is 1.76 bits per heavy atom. The van der Waals surface area contributed by atoms with E-state index in [9.17, 15) is 9.59 Å². The highest BCUT2D eigenvalue weighted by Gasteiger charge is 2.19. The summed E-state index contributed by atoms with van der Waals surface area (Å²) in [6.07, 6.45) is 4.89. The van der Waals surface area contributed by atoms with Crippen LogP contribution in [0.4, 0.5) is 0 Å². The number of amides is 1. The molecule has 0 heterocycles. The number of carbonyl (C=O) groups excluding carboxylic acids is 2. The number of nitrogens with one attached hydrogen (secondary N) is 1. The molecule has 0 bridgehead atoms. The molecule has 3 rings (SSSR count). The van der Waals surface area contributed by atoms with Gasteiger partial charge in [0.15, 0.2) is 6.10 Å². The van der Waals surface area contributed by atoms with Gasteiger partial charge in [0.2, 0.25) is 0 Å². The molecule has 6 heteroatoms. The molecule has 154 valence electrons. The molecule has 0 aromatic heterocycles. The van der Waals surface area contributed by atoms with Crippen LogP contribution in [0.3, 0.4) is 0 Å². The van der Waals surface area contributed by atoms with Gasteiger partial charge in [0, 0.05) is 22.2 Å². The summed E-state index contributed by atoms with van der Waals surface area (Å²) in [6, 6.07) is 14.3. The first-order chi connectivity index (χ1) is 14.0. The van der Waals surface area contributed by atoms with Crippen molar-refractivity contribution in [1.29, 1.82) is 0 Å². The maximum absolute atomic E-state index is 12.4. The molecule has 0 aliphatic heterocycles. The predicted octanol–water partition coefficient (Wildman–Crippen LogP) is 4.91. The Morgan fingerprint density at radius 1 is 1.07 bits per heavy atom. The minimum atomic E-state index is -0.778.